The third-order valence-corrected chi connectivity index (χ3v) is 6.45. The maximum absolute atomic E-state index is 11.9. The number of ether oxygens (including phenoxy) is 6. The molecule has 3 N–H and O–H groups in total. The Morgan fingerprint density at radius 1 is 0.549 bits per heavy atom. The van der Waals surface area contributed by atoms with Crippen molar-refractivity contribution in [3.63, 3.8) is 0 Å². The van der Waals surface area contributed by atoms with Gasteiger partial charge < -0.3 is 44.4 Å². The summed E-state index contributed by atoms with van der Waals surface area (Å²) in [6, 6.07) is 8.76. The first-order valence-corrected chi connectivity index (χ1v) is 16.2. The largest absolute Gasteiger partial charge is 0.415 e. The van der Waals surface area contributed by atoms with Gasteiger partial charge in [-0.05, 0) is 18.2 Å². The van der Waals surface area contributed by atoms with Crippen LogP contribution in [0.1, 0.15) is 35.2 Å². The van der Waals surface area contributed by atoms with Gasteiger partial charge in [0.25, 0.3) is 0 Å². The summed E-state index contributed by atoms with van der Waals surface area (Å²) in [5, 5.41) is 31.6. The number of rotatable bonds is 9. The van der Waals surface area contributed by atoms with Crippen LogP contribution in [0.25, 0.3) is 0 Å². The van der Waals surface area contributed by atoms with Crippen molar-refractivity contribution in [3.05, 3.63) is 53.5 Å². The van der Waals surface area contributed by atoms with Crippen molar-refractivity contribution >= 4 is 12.1 Å². The van der Waals surface area contributed by atoms with Crippen LogP contribution in [0.5, 0.6) is 17.6 Å². The Labute approximate surface area is 292 Å². The smallest absolute Gasteiger partial charge is 0.388 e. The molecule has 0 bridgehead atoms. The van der Waals surface area contributed by atoms with Gasteiger partial charge >= 0.3 is 19.8 Å². The maximum atomic E-state index is 11.9. The molecule has 0 saturated carbocycles. The molecule has 284 valence electrons. The molecule has 3 saturated heterocycles. The molecule has 0 aromatic carbocycles. The van der Waals surface area contributed by atoms with Crippen molar-refractivity contribution < 1.29 is 58.6 Å². The average Bonchev–Trinajstić information content (AvgIpc) is 3.14. The Hall–Kier alpha value is -3.74. The van der Waals surface area contributed by atoms with Crippen LogP contribution in [0.3, 0.4) is 0 Å². The van der Waals surface area contributed by atoms with Crippen molar-refractivity contribution in [1.29, 1.82) is 0 Å². The zero-order valence-corrected chi connectivity index (χ0v) is 27.8. The topological polar surface area (TPSA) is 169 Å². The van der Waals surface area contributed by atoms with E-state index in [9.17, 15) is 30.2 Å². The Balaban J connectivity index is 0.000000199. The van der Waals surface area contributed by atoms with E-state index in [2.05, 4.69) is 60.8 Å². The van der Waals surface area contributed by atoms with Gasteiger partial charge in [-0.3, -0.25) is 0 Å². The molecule has 6 heterocycles. The fourth-order valence-corrected chi connectivity index (χ4v) is 4.28. The molecule has 3 aliphatic rings. The van der Waals surface area contributed by atoms with Crippen LogP contribution in [0, 0.1) is 0 Å². The maximum Gasteiger partial charge on any atom is 0.388 e. The number of nitrogens with zero attached hydrogens (tertiary/aromatic N) is 6. The van der Waals surface area contributed by atoms with Crippen molar-refractivity contribution in [3.8, 4) is 17.6 Å². The highest BCUT2D eigenvalue weighted by Crippen LogP contribution is 2.18. The lowest BCUT2D eigenvalue weighted by Crippen LogP contribution is -2.35. The van der Waals surface area contributed by atoms with Crippen LogP contribution in [0.4, 0.5) is 30.2 Å². The van der Waals surface area contributed by atoms with E-state index in [1.54, 1.807) is 18.2 Å². The summed E-state index contributed by atoms with van der Waals surface area (Å²) in [6.45, 7) is -2.92. The van der Waals surface area contributed by atoms with Crippen molar-refractivity contribution in [1.82, 2.24) is 46.5 Å². The highest BCUT2D eigenvalue weighted by atomic mass is 32.2. The van der Waals surface area contributed by atoms with Gasteiger partial charge in [-0.2, -0.15) is 45.5 Å². The van der Waals surface area contributed by atoms with Crippen LogP contribution in [0.15, 0.2) is 36.4 Å². The molecule has 6 rings (SSSR count). The van der Waals surface area contributed by atoms with E-state index in [-0.39, 0.29) is 47.9 Å². The molecule has 3 fully saturated rings. The summed E-state index contributed by atoms with van der Waals surface area (Å²) >= 11 is 0.250. The van der Waals surface area contributed by atoms with E-state index in [0.29, 0.717) is 56.7 Å². The van der Waals surface area contributed by atoms with Gasteiger partial charge in [0.05, 0.1) is 74.8 Å². The van der Waals surface area contributed by atoms with Crippen LogP contribution >= 0.6 is 12.1 Å². The van der Waals surface area contributed by atoms with Gasteiger partial charge in [0, 0.05) is 56.2 Å². The predicted molar refractivity (Wildman–Crippen MR) is 165 cm³/mol. The third-order valence-electron chi connectivity index (χ3n) is 6.45. The Bertz CT molecular complexity index is 1170. The number of hydrogen-bond donors (Lipinski definition) is 3. The number of alkyl halides is 6. The predicted octanol–water partition coefficient (Wildman–Crippen LogP) is 3.45. The quantitative estimate of drug-likeness (QED) is 0.271. The summed E-state index contributed by atoms with van der Waals surface area (Å²) in [5.41, 5.74) is 1.96. The molecule has 23 heteroatoms. The average molecular weight is 760 g/mol. The molecule has 3 aliphatic heterocycles. The monoisotopic (exact) mass is 759 g/mol. The highest BCUT2D eigenvalue weighted by molar-refractivity contribution is 7.93. The third kappa shape index (κ3) is 16.4. The van der Waals surface area contributed by atoms with Crippen LogP contribution in [-0.4, -0.2) is 116 Å². The lowest BCUT2D eigenvalue weighted by molar-refractivity contribution is -0.0542. The molecular weight excluding hydrogens is 723 g/mol. The van der Waals surface area contributed by atoms with Crippen molar-refractivity contribution in [2.75, 3.05) is 65.5 Å². The fourth-order valence-electron chi connectivity index (χ4n) is 4.28. The van der Waals surface area contributed by atoms with Crippen molar-refractivity contribution in [2.45, 2.75) is 38.0 Å². The number of hydrogen-bond acceptors (Lipinski definition) is 16. The molecule has 3 atom stereocenters. The fraction of sp³-hybridized carbons (Fsp3) is 0.571. The Morgan fingerprint density at radius 3 is 1.00 bits per heavy atom. The summed E-state index contributed by atoms with van der Waals surface area (Å²) in [5.74, 6) is -0.554. The molecule has 1 unspecified atom stereocenters. The van der Waals surface area contributed by atoms with Gasteiger partial charge in [-0.25, -0.2) is 0 Å². The number of halogens is 7. The lowest BCUT2D eigenvalue weighted by Gasteiger charge is -2.22. The normalized spacial score (nSPS) is 20.2. The Kier molecular flexibility index (Phi) is 19.4. The summed E-state index contributed by atoms with van der Waals surface area (Å²) in [7, 11) is 0. The molecule has 51 heavy (non-hydrogen) atoms. The lowest BCUT2D eigenvalue weighted by atomic mass is 10.2. The molecular formula is C28H36F7N9O6S. The SMILES string of the molecule is CSF.FC(F)Oc1ccc(C2COCCN2)nn1.FC(F)Oc1ccc([C@@H]2COCCN2)nn1.FC(F)Oc1ccc([C@H]2COCCN2)nn1. The van der Waals surface area contributed by atoms with Crippen LogP contribution in [-0.2, 0) is 14.2 Å². The van der Waals surface area contributed by atoms with Gasteiger partial charge in [-0.15, -0.1) is 15.3 Å². The van der Waals surface area contributed by atoms with E-state index in [1.165, 1.54) is 24.5 Å². The van der Waals surface area contributed by atoms with E-state index in [4.69, 9.17) is 14.2 Å². The minimum absolute atomic E-state index is 0.0400. The molecule has 3 aromatic heterocycles. The minimum Gasteiger partial charge on any atom is -0.415 e. The summed E-state index contributed by atoms with van der Waals surface area (Å²) in [4.78, 5) is 0. The number of morpholine rings is 3. The summed E-state index contributed by atoms with van der Waals surface area (Å²) in [6.07, 6.45) is 1.38. The first-order valence-electron chi connectivity index (χ1n) is 15.1. The molecule has 0 aliphatic carbocycles. The number of aromatic nitrogens is 6. The van der Waals surface area contributed by atoms with Crippen LogP contribution in [0.2, 0.25) is 0 Å². The summed E-state index contributed by atoms with van der Waals surface area (Å²) < 4.78 is 109. The first-order chi connectivity index (χ1) is 24.7. The zero-order chi connectivity index (χ0) is 36.8. The molecule has 0 spiro atoms. The molecule has 15 nitrogen and oxygen atoms in total. The number of nitrogens with one attached hydrogen (secondary N) is 3. The second-order valence-electron chi connectivity index (χ2n) is 9.92. The van der Waals surface area contributed by atoms with Gasteiger partial charge in [0.1, 0.15) is 0 Å². The Morgan fingerprint density at radius 2 is 0.824 bits per heavy atom. The first kappa shape index (κ1) is 41.7. The standard InChI is InChI=1S/3C9H11F2N3O2.CH3FS/c3*10-9(11)16-8-2-1-6(13-14-8)7-5-15-4-3-12-7;1-3-2/h3*1-2,7,9,12H,3-5H2;1H3/t2*7-;;/m10../s1. The van der Waals surface area contributed by atoms with Crippen molar-refractivity contribution in [2.24, 2.45) is 0 Å². The minimum atomic E-state index is -2.88. The zero-order valence-electron chi connectivity index (χ0n) is 27.0. The van der Waals surface area contributed by atoms with E-state index in [0.717, 1.165) is 19.6 Å². The van der Waals surface area contributed by atoms with Gasteiger partial charge in [0.15, 0.2) is 0 Å². The second kappa shape index (κ2) is 23.7. The van der Waals surface area contributed by atoms with Gasteiger partial charge in [-0.1, -0.05) is 0 Å². The van der Waals surface area contributed by atoms with Gasteiger partial charge in [0.2, 0.25) is 17.6 Å². The molecule has 0 amide bonds. The van der Waals surface area contributed by atoms with Crippen LogP contribution < -0.4 is 30.2 Å². The highest BCUT2D eigenvalue weighted by Gasteiger charge is 2.19. The van der Waals surface area contributed by atoms with E-state index in [1.807, 2.05) is 0 Å². The molecule has 3 aromatic rings. The van der Waals surface area contributed by atoms with E-state index >= 15 is 0 Å². The molecule has 0 radical (unpaired) electrons. The van der Waals surface area contributed by atoms with E-state index < -0.39 is 19.8 Å². The second-order valence-corrected chi connectivity index (χ2v) is 10.2.